The molecular weight excluding hydrogens is 432 g/mol. The van der Waals surface area contributed by atoms with Gasteiger partial charge in [0.2, 0.25) is 17.7 Å². The molecule has 0 bridgehead atoms. The number of rotatable bonds is 13. The van der Waals surface area contributed by atoms with E-state index in [9.17, 15) is 24.3 Å². The summed E-state index contributed by atoms with van der Waals surface area (Å²) in [6.45, 7) is 8.05. The zero-order chi connectivity index (χ0) is 24.4. The first-order valence-corrected chi connectivity index (χ1v) is 12.8. The molecule has 0 aromatic heterocycles. The van der Waals surface area contributed by atoms with Gasteiger partial charge < -0.3 is 26.4 Å². The zero-order valence-corrected chi connectivity index (χ0v) is 20.7. The Hall–Kier alpha value is -1.81. The van der Waals surface area contributed by atoms with Gasteiger partial charge in [-0.15, -0.1) is 0 Å². The number of thioether (sulfide) groups is 1. The molecule has 5 N–H and O–H groups in total. The van der Waals surface area contributed by atoms with Gasteiger partial charge in [-0.1, -0.05) is 34.1 Å². The lowest BCUT2D eigenvalue weighted by molar-refractivity contribution is -0.150. The first-order chi connectivity index (χ1) is 15.0. The van der Waals surface area contributed by atoms with E-state index in [2.05, 4.69) is 10.6 Å². The monoisotopic (exact) mass is 472 g/mol. The van der Waals surface area contributed by atoms with E-state index in [1.165, 1.54) is 4.90 Å². The fourth-order valence-corrected chi connectivity index (χ4v) is 4.27. The highest BCUT2D eigenvalue weighted by molar-refractivity contribution is 7.98. The Labute approximate surface area is 195 Å². The van der Waals surface area contributed by atoms with Crippen LogP contribution in [0, 0.1) is 11.8 Å². The van der Waals surface area contributed by atoms with Crippen LogP contribution in [0.25, 0.3) is 0 Å². The molecule has 184 valence electrons. The zero-order valence-electron chi connectivity index (χ0n) is 19.9. The Balaban J connectivity index is 2.99. The molecule has 1 fully saturated rings. The van der Waals surface area contributed by atoms with Gasteiger partial charge in [-0.3, -0.25) is 14.4 Å². The molecule has 9 nitrogen and oxygen atoms in total. The van der Waals surface area contributed by atoms with Gasteiger partial charge in [0, 0.05) is 6.54 Å². The van der Waals surface area contributed by atoms with E-state index in [-0.39, 0.29) is 17.7 Å². The quantitative estimate of drug-likeness (QED) is 0.315. The third-order valence-electron chi connectivity index (χ3n) is 5.90. The van der Waals surface area contributed by atoms with E-state index in [1.54, 1.807) is 11.8 Å². The van der Waals surface area contributed by atoms with Crippen LogP contribution in [0.4, 0.5) is 0 Å². The van der Waals surface area contributed by atoms with Crippen LogP contribution in [-0.4, -0.2) is 76.4 Å². The van der Waals surface area contributed by atoms with E-state index >= 15 is 0 Å². The highest BCUT2D eigenvalue weighted by Gasteiger charge is 2.39. The van der Waals surface area contributed by atoms with E-state index in [1.807, 2.05) is 34.0 Å². The van der Waals surface area contributed by atoms with Gasteiger partial charge in [-0.05, 0) is 49.5 Å². The van der Waals surface area contributed by atoms with Crippen molar-refractivity contribution in [1.82, 2.24) is 15.5 Å². The lowest BCUT2D eigenvalue weighted by atomic mass is 9.96. The highest BCUT2D eigenvalue weighted by atomic mass is 32.2. The topological polar surface area (TPSA) is 142 Å². The molecule has 0 aromatic rings. The number of likely N-dealkylation sites (tertiary alicyclic amines) is 1. The maximum absolute atomic E-state index is 13.2. The molecule has 1 rings (SSSR count). The summed E-state index contributed by atoms with van der Waals surface area (Å²) in [7, 11) is 0. The molecule has 3 amide bonds. The average molecular weight is 473 g/mol. The number of carboxylic acid groups (broad SMARTS) is 1. The molecule has 32 heavy (non-hydrogen) atoms. The smallest absolute Gasteiger partial charge is 0.326 e. The summed E-state index contributed by atoms with van der Waals surface area (Å²) in [6, 6.07) is -3.26. The second kappa shape index (κ2) is 13.7. The van der Waals surface area contributed by atoms with Crippen LogP contribution in [0.15, 0.2) is 0 Å². The SMILES string of the molecule is CCC(C)C(NC(=O)C(CCSC)NC(=O)C(N)CC(C)C)C(=O)N1CCCC1C(=O)O. The van der Waals surface area contributed by atoms with Gasteiger partial charge in [0.25, 0.3) is 0 Å². The summed E-state index contributed by atoms with van der Waals surface area (Å²) < 4.78 is 0. The van der Waals surface area contributed by atoms with Gasteiger partial charge in [0.05, 0.1) is 6.04 Å². The Kier molecular flexibility index (Phi) is 12.1. The minimum Gasteiger partial charge on any atom is -0.480 e. The van der Waals surface area contributed by atoms with Crippen LogP contribution >= 0.6 is 11.8 Å². The standard InChI is InChI=1S/C22H40N4O5S/c1-6-14(4)18(21(29)26-10-7-8-17(26)22(30)31)25-20(28)16(9-11-32-5)24-19(27)15(23)12-13(2)3/h13-18H,6-12,23H2,1-5H3,(H,24,27)(H,25,28)(H,30,31). The molecule has 0 aliphatic carbocycles. The van der Waals surface area contributed by atoms with E-state index < -0.39 is 42.0 Å². The normalized spacial score (nSPS) is 19.8. The van der Waals surface area contributed by atoms with Crippen molar-refractivity contribution in [3.8, 4) is 0 Å². The molecule has 1 aliphatic rings. The first-order valence-electron chi connectivity index (χ1n) is 11.4. The minimum absolute atomic E-state index is 0.193. The largest absolute Gasteiger partial charge is 0.480 e. The Morgan fingerprint density at radius 3 is 2.34 bits per heavy atom. The predicted octanol–water partition coefficient (Wildman–Crippen LogP) is 1.20. The fourth-order valence-electron chi connectivity index (χ4n) is 3.80. The molecule has 0 radical (unpaired) electrons. The summed E-state index contributed by atoms with van der Waals surface area (Å²) in [5, 5.41) is 15.0. The summed E-state index contributed by atoms with van der Waals surface area (Å²) in [5.74, 6) is -1.57. The summed E-state index contributed by atoms with van der Waals surface area (Å²) in [5.41, 5.74) is 5.98. The van der Waals surface area contributed by atoms with Gasteiger partial charge >= 0.3 is 5.97 Å². The molecule has 0 aromatic carbocycles. The molecule has 10 heteroatoms. The van der Waals surface area contributed by atoms with Gasteiger partial charge in [0.1, 0.15) is 18.1 Å². The number of nitrogens with two attached hydrogens (primary N) is 1. The Morgan fingerprint density at radius 2 is 1.81 bits per heavy atom. The second-order valence-electron chi connectivity index (χ2n) is 8.98. The van der Waals surface area contributed by atoms with Gasteiger partial charge in [0.15, 0.2) is 0 Å². The summed E-state index contributed by atoms with van der Waals surface area (Å²) in [6.07, 6.45) is 4.46. The van der Waals surface area contributed by atoms with Crippen LogP contribution in [0.3, 0.4) is 0 Å². The average Bonchev–Trinajstić information content (AvgIpc) is 3.23. The van der Waals surface area contributed by atoms with E-state index in [0.29, 0.717) is 44.4 Å². The van der Waals surface area contributed by atoms with Crippen molar-refractivity contribution < 1.29 is 24.3 Å². The van der Waals surface area contributed by atoms with Crippen LogP contribution < -0.4 is 16.4 Å². The molecular formula is C22H40N4O5S. The number of aliphatic carboxylic acids is 1. The van der Waals surface area contributed by atoms with Gasteiger partial charge in [-0.2, -0.15) is 11.8 Å². The molecule has 5 atom stereocenters. The van der Waals surface area contributed by atoms with Crippen molar-refractivity contribution in [1.29, 1.82) is 0 Å². The van der Waals surface area contributed by atoms with Crippen molar-refractivity contribution in [3.63, 3.8) is 0 Å². The van der Waals surface area contributed by atoms with Crippen molar-refractivity contribution >= 4 is 35.5 Å². The second-order valence-corrected chi connectivity index (χ2v) is 9.96. The predicted molar refractivity (Wildman–Crippen MR) is 126 cm³/mol. The lowest BCUT2D eigenvalue weighted by Crippen LogP contribution is -2.58. The van der Waals surface area contributed by atoms with Crippen molar-refractivity contribution in [2.24, 2.45) is 17.6 Å². The summed E-state index contributed by atoms with van der Waals surface area (Å²) in [4.78, 5) is 51.8. The number of hydrogen-bond acceptors (Lipinski definition) is 6. The minimum atomic E-state index is -1.03. The summed E-state index contributed by atoms with van der Waals surface area (Å²) >= 11 is 1.55. The van der Waals surface area contributed by atoms with Crippen LogP contribution in [0.2, 0.25) is 0 Å². The van der Waals surface area contributed by atoms with Crippen LogP contribution in [0.1, 0.15) is 59.8 Å². The number of nitrogens with zero attached hydrogens (tertiary/aromatic N) is 1. The number of nitrogens with one attached hydrogen (secondary N) is 2. The molecule has 0 spiro atoms. The highest BCUT2D eigenvalue weighted by Crippen LogP contribution is 2.21. The maximum Gasteiger partial charge on any atom is 0.326 e. The fraction of sp³-hybridized carbons (Fsp3) is 0.818. The van der Waals surface area contributed by atoms with Crippen molar-refractivity contribution in [2.45, 2.75) is 84.0 Å². The van der Waals surface area contributed by atoms with Crippen LogP contribution in [-0.2, 0) is 19.2 Å². The van der Waals surface area contributed by atoms with E-state index in [0.717, 1.165) is 0 Å². The van der Waals surface area contributed by atoms with Gasteiger partial charge in [-0.25, -0.2) is 4.79 Å². The number of hydrogen-bond donors (Lipinski definition) is 4. The number of carbonyl (C=O) groups is 4. The molecule has 0 saturated carbocycles. The van der Waals surface area contributed by atoms with Crippen LogP contribution in [0.5, 0.6) is 0 Å². The van der Waals surface area contributed by atoms with Crippen molar-refractivity contribution in [2.75, 3.05) is 18.6 Å². The number of carbonyl (C=O) groups excluding carboxylic acids is 3. The third-order valence-corrected chi connectivity index (χ3v) is 6.55. The van der Waals surface area contributed by atoms with Crippen molar-refractivity contribution in [3.05, 3.63) is 0 Å². The Bertz CT molecular complexity index is 660. The lowest BCUT2D eigenvalue weighted by Gasteiger charge is -2.31. The van der Waals surface area contributed by atoms with E-state index in [4.69, 9.17) is 5.73 Å². The molecule has 5 unspecified atom stereocenters. The molecule has 1 saturated heterocycles. The third kappa shape index (κ3) is 8.27. The molecule has 1 heterocycles. The number of carboxylic acids is 1. The first kappa shape index (κ1) is 28.2. The number of amides is 3. The molecule has 1 aliphatic heterocycles. The Morgan fingerprint density at radius 1 is 1.16 bits per heavy atom. The maximum atomic E-state index is 13.2.